The normalized spacial score (nSPS) is 11.8. The number of aromatic nitrogens is 4. The van der Waals surface area contributed by atoms with E-state index in [2.05, 4.69) is 20.0 Å². The maximum Gasteiger partial charge on any atom is 0.244 e. The Bertz CT molecular complexity index is 922. The van der Waals surface area contributed by atoms with Crippen molar-refractivity contribution in [3.8, 4) is 11.5 Å². The maximum atomic E-state index is 12.4. The van der Waals surface area contributed by atoms with Crippen LogP contribution in [0.1, 0.15) is 5.01 Å². The summed E-state index contributed by atoms with van der Waals surface area (Å²) in [5.41, 5.74) is 0. The monoisotopic (exact) mass is 369 g/mol. The lowest BCUT2D eigenvalue weighted by Gasteiger charge is -2.11. The molecule has 0 spiro atoms. The van der Waals surface area contributed by atoms with E-state index in [0.29, 0.717) is 17.1 Å². The van der Waals surface area contributed by atoms with Crippen LogP contribution in [0.4, 0.5) is 0 Å². The van der Waals surface area contributed by atoms with Gasteiger partial charge in [0.05, 0.1) is 14.2 Å². The molecule has 0 bridgehead atoms. The van der Waals surface area contributed by atoms with Crippen molar-refractivity contribution in [1.29, 1.82) is 0 Å². The summed E-state index contributed by atoms with van der Waals surface area (Å²) < 4.78 is 39.2. The van der Waals surface area contributed by atoms with E-state index in [-0.39, 0.29) is 17.2 Å². The molecule has 0 saturated heterocycles. The molecule has 0 radical (unpaired) electrons. The molecule has 0 aliphatic heterocycles. The van der Waals surface area contributed by atoms with Crippen LogP contribution in [-0.4, -0.2) is 49.0 Å². The number of fused-ring (bicyclic) bond motifs is 1. The number of hydrogen-bond donors (Lipinski definition) is 1. The molecule has 0 fully saturated rings. The van der Waals surface area contributed by atoms with Crippen LogP contribution in [0.3, 0.4) is 0 Å². The first-order valence-electron chi connectivity index (χ1n) is 6.91. The van der Waals surface area contributed by atoms with Gasteiger partial charge >= 0.3 is 0 Å². The van der Waals surface area contributed by atoms with Crippen molar-refractivity contribution in [2.24, 2.45) is 0 Å². The predicted molar refractivity (Wildman–Crippen MR) is 87.1 cm³/mol. The van der Waals surface area contributed by atoms with E-state index in [1.54, 1.807) is 10.6 Å². The topological polar surface area (TPSA) is 108 Å². The fraction of sp³-hybridized carbons (Fsp3) is 0.308. The van der Waals surface area contributed by atoms with Crippen LogP contribution >= 0.6 is 11.3 Å². The Kier molecular flexibility index (Phi) is 4.64. The number of sulfonamides is 1. The second kappa shape index (κ2) is 6.71. The first-order chi connectivity index (χ1) is 11.5. The molecule has 3 aromatic rings. The molecule has 0 amide bonds. The van der Waals surface area contributed by atoms with E-state index < -0.39 is 10.0 Å². The van der Waals surface area contributed by atoms with E-state index in [4.69, 9.17) is 9.47 Å². The van der Waals surface area contributed by atoms with Gasteiger partial charge in [0.1, 0.15) is 27.7 Å². The van der Waals surface area contributed by atoms with Crippen molar-refractivity contribution in [3.05, 3.63) is 29.5 Å². The molecule has 3 rings (SSSR count). The molecule has 2 aromatic heterocycles. The van der Waals surface area contributed by atoms with Crippen molar-refractivity contribution in [1.82, 2.24) is 24.5 Å². The Morgan fingerprint density at radius 1 is 1.29 bits per heavy atom. The molecular weight excluding hydrogens is 354 g/mol. The molecule has 0 aliphatic rings. The van der Waals surface area contributed by atoms with Crippen molar-refractivity contribution in [2.75, 3.05) is 20.8 Å². The third kappa shape index (κ3) is 3.32. The second-order valence-electron chi connectivity index (χ2n) is 4.72. The van der Waals surface area contributed by atoms with Crippen molar-refractivity contribution >= 4 is 26.3 Å². The summed E-state index contributed by atoms with van der Waals surface area (Å²) in [6.45, 7) is 0.210. The lowest BCUT2D eigenvalue weighted by Crippen LogP contribution is -2.26. The number of rotatable bonds is 7. The number of nitrogens with zero attached hydrogens (tertiary/aromatic N) is 4. The zero-order valence-corrected chi connectivity index (χ0v) is 14.6. The maximum absolute atomic E-state index is 12.4. The fourth-order valence-electron chi connectivity index (χ4n) is 2.07. The molecule has 1 aromatic carbocycles. The van der Waals surface area contributed by atoms with Gasteiger partial charge in [-0.2, -0.15) is 9.61 Å². The van der Waals surface area contributed by atoms with E-state index in [9.17, 15) is 8.42 Å². The van der Waals surface area contributed by atoms with Crippen molar-refractivity contribution in [2.45, 2.75) is 11.3 Å². The van der Waals surface area contributed by atoms with Gasteiger partial charge < -0.3 is 9.47 Å². The van der Waals surface area contributed by atoms with Gasteiger partial charge in [-0.1, -0.05) is 11.3 Å². The van der Waals surface area contributed by atoms with Gasteiger partial charge in [-0.25, -0.2) is 13.1 Å². The van der Waals surface area contributed by atoms with E-state index in [1.165, 1.54) is 44.0 Å². The second-order valence-corrected chi connectivity index (χ2v) is 7.49. The number of nitrogens with one attached hydrogen (secondary N) is 1. The van der Waals surface area contributed by atoms with Crippen LogP contribution in [0.25, 0.3) is 4.96 Å². The number of methoxy groups -OCH3 is 2. The van der Waals surface area contributed by atoms with E-state index >= 15 is 0 Å². The largest absolute Gasteiger partial charge is 0.497 e. The summed E-state index contributed by atoms with van der Waals surface area (Å²) in [6.07, 6.45) is 1.95. The van der Waals surface area contributed by atoms with Gasteiger partial charge in [0.15, 0.2) is 0 Å². The molecule has 1 N–H and O–H groups in total. The summed E-state index contributed by atoms with van der Waals surface area (Å²) in [5.74, 6) is 0.742. The Morgan fingerprint density at radius 2 is 2.12 bits per heavy atom. The lowest BCUT2D eigenvalue weighted by atomic mass is 10.3. The molecule has 0 aliphatic carbocycles. The quantitative estimate of drug-likeness (QED) is 0.654. The molecule has 0 saturated carbocycles. The van der Waals surface area contributed by atoms with Crippen LogP contribution in [0.5, 0.6) is 11.5 Å². The van der Waals surface area contributed by atoms with Gasteiger partial charge in [0.2, 0.25) is 15.0 Å². The smallest absolute Gasteiger partial charge is 0.244 e. The summed E-state index contributed by atoms with van der Waals surface area (Å²) in [7, 11) is -0.792. The Hall–Kier alpha value is -2.24. The molecule has 0 unspecified atom stereocenters. The summed E-state index contributed by atoms with van der Waals surface area (Å²) in [6, 6.07) is 4.54. The molecular formula is C13H15N5O4S2. The highest BCUT2D eigenvalue weighted by Crippen LogP contribution is 2.28. The van der Waals surface area contributed by atoms with Crippen LogP contribution in [0.2, 0.25) is 0 Å². The lowest BCUT2D eigenvalue weighted by molar-refractivity contribution is 0.386. The molecule has 11 heteroatoms. The SMILES string of the molecule is COc1ccc(S(=O)(=O)NCCc2nn3cnnc3s2)c(OC)c1. The predicted octanol–water partition coefficient (Wildman–Crippen LogP) is 0.724. The standard InChI is InChI=1S/C13H15N5O4S2/c1-21-9-3-4-11(10(7-9)22-2)24(19,20)15-6-5-12-17-18-8-14-16-13(18)23-12/h3-4,7-8,15H,5-6H2,1-2H3. The minimum atomic E-state index is -3.70. The van der Waals surface area contributed by atoms with Gasteiger partial charge in [-0.05, 0) is 12.1 Å². The van der Waals surface area contributed by atoms with Gasteiger partial charge in [0.25, 0.3) is 0 Å². The van der Waals surface area contributed by atoms with Crippen molar-refractivity contribution < 1.29 is 17.9 Å². The van der Waals surface area contributed by atoms with E-state index in [0.717, 1.165) is 5.01 Å². The van der Waals surface area contributed by atoms with Crippen LogP contribution < -0.4 is 14.2 Å². The molecule has 128 valence electrons. The fourth-order valence-corrected chi connectivity index (χ4v) is 4.06. The van der Waals surface area contributed by atoms with E-state index in [1.807, 2.05) is 0 Å². The molecule has 24 heavy (non-hydrogen) atoms. The van der Waals surface area contributed by atoms with Crippen LogP contribution in [0.15, 0.2) is 29.4 Å². The number of ether oxygens (including phenoxy) is 2. The van der Waals surface area contributed by atoms with Crippen molar-refractivity contribution in [3.63, 3.8) is 0 Å². The summed E-state index contributed by atoms with van der Waals surface area (Å²) >= 11 is 1.37. The highest BCUT2D eigenvalue weighted by atomic mass is 32.2. The zero-order valence-electron chi connectivity index (χ0n) is 13.0. The Morgan fingerprint density at radius 3 is 2.83 bits per heavy atom. The Labute approximate surface area is 142 Å². The first kappa shape index (κ1) is 16.6. The summed E-state index contributed by atoms with van der Waals surface area (Å²) in [5, 5.41) is 12.6. The Balaban J connectivity index is 1.70. The molecule has 0 atom stereocenters. The zero-order chi connectivity index (χ0) is 17.2. The molecule has 2 heterocycles. The third-order valence-corrected chi connectivity index (χ3v) is 5.69. The minimum absolute atomic E-state index is 0.0592. The minimum Gasteiger partial charge on any atom is -0.497 e. The highest BCUT2D eigenvalue weighted by Gasteiger charge is 2.20. The van der Waals surface area contributed by atoms with Crippen LogP contribution in [-0.2, 0) is 16.4 Å². The van der Waals surface area contributed by atoms with Gasteiger partial charge in [-0.3, -0.25) is 0 Å². The third-order valence-electron chi connectivity index (χ3n) is 3.22. The van der Waals surface area contributed by atoms with Gasteiger partial charge in [-0.15, -0.1) is 10.2 Å². The first-order valence-corrected chi connectivity index (χ1v) is 9.21. The van der Waals surface area contributed by atoms with Crippen LogP contribution in [0, 0.1) is 0 Å². The number of benzene rings is 1. The highest BCUT2D eigenvalue weighted by molar-refractivity contribution is 7.89. The number of hydrogen-bond acceptors (Lipinski definition) is 8. The van der Waals surface area contributed by atoms with Gasteiger partial charge in [0, 0.05) is 19.0 Å². The summed E-state index contributed by atoms with van der Waals surface area (Å²) in [4.78, 5) is 0.730. The average molecular weight is 369 g/mol. The molecule has 9 nitrogen and oxygen atoms in total. The average Bonchev–Trinajstić information content (AvgIpc) is 3.15.